The van der Waals surface area contributed by atoms with E-state index < -0.39 is 5.91 Å². The summed E-state index contributed by atoms with van der Waals surface area (Å²) in [6, 6.07) is 7.10. The zero-order chi connectivity index (χ0) is 19.0. The number of fused-ring (bicyclic) bond motifs is 1. The van der Waals surface area contributed by atoms with E-state index in [1.54, 1.807) is 34.9 Å². The van der Waals surface area contributed by atoms with Crippen LogP contribution in [0, 0.1) is 0 Å². The van der Waals surface area contributed by atoms with Crippen LogP contribution < -0.4 is 16.0 Å². The Morgan fingerprint density at radius 3 is 2.70 bits per heavy atom. The molecule has 3 N–H and O–H groups in total. The van der Waals surface area contributed by atoms with Crippen molar-refractivity contribution in [2.45, 2.75) is 0 Å². The molecular formula is C18H19N5O2S2. The third-order valence-electron chi connectivity index (χ3n) is 4.57. The van der Waals surface area contributed by atoms with Gasteiger partial charge in [0.2, 0.25) is 0 Å². The summed E-state index contributed by atoms with van der Waals surface area (Å²) in [5.74, 6) is -0.839. The van der Waals surface area contributed by atoms with E-state index in [-0.39, 0.29) is 5.91 Å². The van der Waals surface area contributed by atoms with Crippen molar-refractivity contribution in [2.24, 2.45) is 5.73 Å². The summed E-state index contributed by atoms with van der Waals surface area (Å²) < 4.78 is 1.05. The van der Waals surface area contributed by atoms with Gasteiger partial charge in [-0.1, -0.05) is 11.3 Å². The molecule has 0 bridgehead atoms. The fourth-order valence-electron chi connectivity index (χ4n) is 2.96. The van der Waals surface area contributed by atoms with E-state index in [0.717, 1.165) is 41.5 Å². The number of thiazole rings is 1. The van der Waals surface area contributed by atoms with Crippen LogP contribution in [0.15, 0.2) is 29.6 Å². The fraction of sp³-hybridized carbons (Fsp3) is 0.278. The molecule has 3 heterocycles. The second-order valence-electron chi connectivity index (χ2n) is 6.45. The fourth-order valence-corrected chi connectivity index (χ4v) is 4.75. The Labute approximate surface area is 164 Å². The van der Waals surface area contributed by atoms with Crippen LogP contribution in [0.5, 0.6) is 0 Å². The molecule has 7 nitrogen and oxygen atoms in total. The maximum atomic E-state index is 12.6. The van der Waals surface area contributed by atoms with Crippen LogP contribution >= 0.6 is 22.7 Å². The molecule has 0 atom stereocenters. The highest BCUT2D eigenvalue weighted by Crippen LogP contribution is 2.30. The number of nitrogens with one attached hydrogen (secondary N) is 1. The Morgan fingerprint density at radius 1 is 1.19 bits per heavy atom. The Hall–Kier alpha value is -2.49. The van der Waals surface area contributed by atoms with Gasteiger partial charge in [0.25, 0.3) is 11.8 Å². The highest BCUT2D eigenvalue weighted by molar-refractivity contribution is 7.22. The average molecular weight is 402 g/mol. The largest absolute Gasteiger partial charge is 0.366 e. The van der Waals surface area contributed by atoms with Crippen molar-refractivity contribution in [3.63, 3.8) is 0 Å². The molecule has 2 aromatic heterocycles. The predicted molar refractivity (Wildman–Crippen MR) is 110 cm³/mol. The third-order valence-corrected chi connectivity index (χ3v) is 6.50. The number of rotatable bonds is 4. The van der Waals surface area contributed by atoms with Crippen LogP contribution in [-0.4, -0.2) is 54.9 Å². The van der Waals surface area contributed by atoms with E-state index in [9.17, 15) is 9.59 Å². The molecule has 0 radical (unpaired) electrons. The molecule has 9 heteroatoms. The summed E-state index contributed by atoms with van der Waals surface area (Å²) in [6.45, 7) is 3.95. The van der Waals surface area contributed by atoms with Crippen molar-refractivity contribution in [2.75, 3.05) is 43.4 Å². The number of piperazine rings is 1. The molecule has 2 amide bonds. The first-order valence-electron chi connectivity index (χ1n) is 8.54. The molecule has 140 valence electrons. The lowest BCUT2D eigenvalue weighted by Crippen LogP contribution is -2.44. The molecule has 27 heavy (non-hydrogen) atoms. The number of nitrogens with zero attached hydrogens (tertiary/aromatic N) is 3. The number of nitrogens with two attached hydrogens (primary N) is 1. The highest BCUT2D eigenvalue weighted by Gasteiger charge is 2.19. The molecular weight excluding hydrogens is 382 g/mol. The molecule has 3 aromatic rings. The first kappa shape index (κ1) is 17.9. The lowest BCUT2D eigenvalue weighted by molar-refractivity contribution is 0.100. The smallest absolute Gasteiger partial charge is 0.256 e. The van der Waals surface area contributed by atoms with Crippen LogP contribution in [0.25, 0.3) is 10.2 Å². The molecule has 1 aliphatic rings. The van der Waals surface area contributed by atoms with Crippen molar-refractivity contribution >= 4 is 54.8 Å². The number of primary amides is 1. The number of carbonyl (C=O) groups excluding carboxylic acids is 2. The Bertz CT molecular complexity index is 1000. The Kier molecular flexibility index (Phi) is 4.81. The Morgan fingerprint density at radius 2 is 1.96 bits per heavy atom. The van der Waals surface area contributed by atoms with Gasteiger partial charge in [0.05, 0.1) is 15.8 Å². The number of anilines is 2. The summed E-state index contributed by atoms with van der Waals surface area (Å²) in [6.07, 6.45) is 0. The van der Waals surface area contributed by atoms with E-state index >= 15 is 0 Å². The van der Waals surface area contributed by atoms with Gasteiger partial charge >= 0.3 is 0 Å². The second kappa shape index (κ2) is 7.26. The van der Waals surface area contributed by atoms with Gasteiger partial charge in [0.1, 0.15) is 5.00 Å². The lowest BCUT2D eigenvalue weighted by Gasteiger charge is -2.32. The minimum Gasteiger partial charge on any atom is -0.366 e. The zero-order valence-electron chi connectivity index (χ0n) is 14.8. The van der Waals surface area contributed by atoms with Gasteiger partial charge in [-0.25, -0.2) is 4.98 Å². The number of carbonyl (C=O) groups is 2. The molecule has 1 fully saturated rings. The van der Waals surface area contributed by atoms with Gasteiger partial charge in [-0.05, 0) is 36.7 Å². The monoisotopic (exact) mass is 401 g/mol. The predicted octanol–water partition coefficient (Wildman–Crippen LogP) is 2.46. The number of likely N-dealkylation sites (N-methyl/N-ethyl adjacent to an activating group) is 1. The van der Waals surface area contributed by atoms with Crippen LogP contribution in [0.2, 0.25) is 0 Å². The average Bonchev–Trinajstić information content (AvgIpc) is 3.28. The first-order chi connectivity index (χ1) is 13.0. The van der Waals surface area contributed by atoms with Crippen LogP contribution in [0.3, 0.4) is 0 Å². The van der Waals surface area contributed by atoms with Crippen LogP contribution in [0.4, 0.5) is 10.1 Å². The summed E-state index contributed by atoms with van der Waals surface area (Å²) in [5.41, 5.74) is 6.96. The number of amides is 2. The summed E-state index contributed by atoms with van der Waals surface area (Å²) in [7, 11) is 2.12. The number of aromatic nitrogens is 1. The molecule has 4 rings (SSSR count). The zero-order valence-corrected chi connectivity index (χ0v) is 16.4. The minimum atomic E-state index is -0.557. The maximum Gasteiger partial charge on any atom is 0.256 e. The van der Waals surface area contributed by atoms with Gasteiger partial charge < -0.3 is 20.9 Å². The van der Waals surface area contributed by atoms with Crippen molar-refractivity contribution in [1.82, 2.24) is 9.88 Å². The van der Waals surface area contributed by atoms with Gasteiger partial charge in [-0.15, -0.1) is 11.3 Å². The van der Waals surface area contributed by atoms with E-state index in [2.05, 4.69) is 22.2 Å². The van der Waals surface area contributed by atoms with Crippen molar-refractivity contribution in [3.05, 3.63) is 40.8 Å². The number of benzene rings is 1. The van der Waals surface area contributed by atoms with E-state index in [1.807, 2.05) is 6.07 Å². The van der Waals surface area contributed by atoms with Gasteiger partial charge in [-0.3, -0.25) is 9.59 Å². The van der Waals surface area contributed by atoms with Crippen LogP contribution in [0.1, 0.15) is 20.7 Å². The van der Waals surface area contributed by atoms with Crippen molar-refractivity contribution in [1.29, 1.82) is 0 Å². The highest BCUT2D eigenvalue weighted by atomic mass is 32.1. The molecule has 1 saturated heterocycles. The summed E-state index contributed by atoms with van der Waals surface area (Å²) in [5, 5.41) is 5.94. The van der Waals surface area contributed by atoms with Gasteiger partial charge in [-0.2, -0.15) is 0 Å². The molecule has 0 saturated carbocycles. The van der Waals surface area contributed by atoms with Gasteiger partial charge in [0, 0.05) is 31.7 Å². The SMILES string of the molecule is CN1CCN(c2nc3cc(C(=O)Nc4sccc4C(N)=O)ccc3s2)CC1. The van der Waals surface area contributed by atoms with E-state index in [0.29, 0.717) is 16.1 Å². The Balaban J connectivity index is 1.55. The number of hydrogen-bond acceptors (Lipinski definition) is 7. The van der Waals surface area contributed by atoms with Crippen molar-refractivity contribution in [3.8, 4) is 0 Å². The topological polar surface area (TPSA) is 91.6 Å². The maximum absolute atomic E-state index is 12.6. The number of thiophene rings is 1. The molecule has 1 aliphatic heterocycles. The first-order valence-corrected chi connectivity index (χ1v) is 10.2. The summed E-state index contributed by atoms with van der Waals surface area (Å²) >= 11 is 2.91. The van der Waals surface area contributed by atoms with Crippen molar-refractivity contribution < 1.29 is 9.59 Å². The van der Waals surface area contributed by atoms with Crippen LogP contribution in [-0.2, 0) is 0 Å². The number of hydrogen-bond donors (Lipinski definition) is 2. The second-order valence-corrected chi connectivity index (χ2v) is 8.38. The quantitative estimate of drug-likeness (QED) is 0.701. The standard InChI is InChI=1S/C18H19N5O2S2/c1-22-5-7-23(8-6-22)18-20-13-10-11(2-3-14(13)27-18)16(25)21-17-12(15(19)24)4-9-26-17/h2-4,9-10H,5-8H2,1H3,(H2,19,24)(H,21,25). The third kappa shape index (κ3) is 3.66. The molecule has 0 spiro atoms. The minimum absolute atomic E-state index is 0.281. The molecule has 0 aliphatic carbocycles. The lowest BCUT2D eigenvalue weighted by atomic mass is 10.2. The van der Waals surface area contributed by atoms with E-state index in [1.165, 1.54) is 11.3 Å². The summed E-state index contributed by atoms with van der Waals surface area (Å²) in [4.78, 5) is 33.3. The van der Waals surface area contributed by atoms with E-state index in [4.69, 9.17) is 10.7 Å². The molecule has 1 aromatic carbocycles. The van der Waals surface area contributed by atoms with Gasteiger partial charge in [0.15, 0.2) is 5.13 Å². The normalized spacial score (nSPS) is 15.2. The molecule has 0 unspecified atom stereocenters.